The summed E-state index contributed by atoms with van der Waals surface area (Å²) in [5.41, 5.74) is -0.136. The van der Waals surface area contributed by atoms with Gasteiger partial charge in [0.2, 0.25) is 5.91 Å². The molecule has 2 heterocycles. The van der Waals surface area contributed by atoms with E-state index in [4.69, 9.17) is 0 Å². The minimum absolute atomic E-state index is 0.0672. The van der Waals surface area contributed by atoms with Gasteiger partial charge in [-0.05, 0) is 48.7 Å². The van der Waals surface area contributed by atoms with Gasteiger partial charge in [0.15, 0.2) is 0 Å². The SMILES string of the molecule is CC1(C)C(=O)NCCN1C(=O)c1cc(Br)cn1C1CC1. The van der Waals surface area contributed by atoms with Crippen LogP contribution in [-0.2, 0) is 4.79 Å². The maximum Gasteiger partial charge on any atom is 0.271 e. The molecule has 20 heavy (non-hydrogen) atoms. The lowest BCUT2D eigenvalue weighted by Crippen LogP contribution is -2.63. The Balaban J connectivity index is 1.94. The molecule has 2 amide bonds. The van der Waals surface area contributed by atoms with Gasteiger partial charge in [-0.3, -0.25) is 9.59 Å². The Hall–Kier alpha value is -1.30. The molecule has 1 aromatic heterocycles. The van der Waals surface area contributed by atoms with E-state index < -0.39 is 5.54 Å². The third kappa shape index (κ3) is 2.16. The number of rotatable bonds is 2. The summed E-state index contributed by atoms with van der Waals surface area (Å²) in [5, 5.41) is 2.81. The van der Waals surface area contributed by atoms with Gasteiger partial charge in [0, 0.05) is 29.8 Å². The van der Waals surface area contributed by atoms with Crippen LogP contribution in [0.3, 0.4) is 0 Å². The maximum absolute atomic E-state index is 12.8. The molecule has 1 aliphatic heterocycles. The van der Waals surface area contributed by atoms with Crippen LogP contribution in [0, 0.1) is 0 Å². The molecule has 0 unspecified atom stereocenters. The van der Waals surface area contributed by atoms with Crippen LogP contribution >= 0.6 is 15.9 Å². The van der Waals surface area contributed by atoms with E-state index in [0.717, 1.165) is 17.3 Å². The fourth-order valence-corrected chi connectivity index (χ4v) is 3.10. The highest BCUT2D eigenvalue weighted by molar-refractivity contribution is 9.10. The number of carbonyl (C=O) groups is 2. The molecule has 3 rings (SSSR count). The Labute approximate surface area is 126 Å². The summed E-state index contributed by atoms with van der Waals surface area (Å²) < 4.78 is 2.95. The topological polar surface area (TPSA) is 54.3 Å². The van der Waals surface area contributed by atoms with Crippen molar-refractivity contribution in [2.45, 2.75) is 38.3 Å². The lowest BCUT2D eigenvalue weighted by molar-refractivity contribution is -0.133. The lowest BCUT2D eigenvalue weighted by atomic mass is 9.98. The lowest BCUT2D eigenvalue weighted by Gasteiger charge is -2.41. The summed E-state index contributed by atoms with van der Waals surface area (Å²) in [6.07, 6.45) is 4.19. The highest BCUT2D eigenvalue weighted by Crippen LogP contribution is 2.38. The van der Waals surface area contributed by atoms with Crippen molar-refractivity contribution < 1.29 is 9.59 Å². The monoisotopic (exact) mass is 339 g/mol. The molecule has 2 fully saturated rings. The minimum atomic E-state index is -0.805. The Morgan fingerprint density at radius 3 is 2.80 bits per heavy atom. The number of hydrogen-bond acceptors (Lipinski definition) is 2. The standard InChI is InChI=1S/C14H18BrN3O2/c1-14(2)13(20)16-5-6-18(14)12(19)11-7-9(15)8-17(11)10-3-4-10/h7-8,10H,3-6H2,1-2H3,(H,16,20). The third-order valence-corrected chi connectivity index (χ3v) is 4.50. The molecular formula is C14H18BrN3O2. The summed E-state index contributed by atoms with van der Waals surface area (Å²) in [6, 6.07) is 2.28. The van der Waals surface area contributed by atoms with Crippen LogP contribution in [0.1, 0.15) is 43.2 Å². The van der Waals surface area contributed by atoms with Crippen LogP contribution in [0.15, 0.2) is 16.7 Å². The van der Waals surface area contributed by atoms with Gasteiger partial charge < -0.3 is 14.8 Å². The highest BCUT2D eigenvalue weighted by Gasteiger charge is 2.42. The van der Waals surface area contributed by atoms with E-state index in [2.05, 4.69) is 21.2 Å². The molecule has 2 aliphatic rings. The first kappa shape index (κ1) is 13.7. The van der Waals surface area contributed by atoms with Crippen molar-refractivity contribution in [3.63, 3.8) is 0 Å². The van der Waals surface area contributed by atoms with Crippen LogP contribution in [0.4, 0.5) is 0 Å². The molecule has 1 aliphatic carbocycles. The van der Waals surface area contributed by atoms with E-state index in [-0.39, 0.29) is 11.8 Å². The Morgan fingerprint density at radius 2 is 2.15 bits per heavy atom. The molecule has 1 saturated carbocycles. The summed E-state index contributed by atoms with van der Waals surface area (Å²) >= 11 is 3.44. The Bertz CT molecular complexity index is 575. The average molecular weight is 340 g/mol. The molecule has 0 atom stereocenters. The van der Waals surface area contributed by atoms with E-state index >= 15 is 0 Å². The van der Waals surface area contributed by atoms with Crippen molar-refractivity contribution in [2.75, 3.05) is 13.1 Å². The van der Waals surface area contributed by atoms with Crippen LogP contribution in [0.2, 0.25) is 0 Å². The normalized spacial score (nSPS) is 21.8. The highest BCUT2D eigenvalue weighted by atomic mass is 79.9. The van der Waals surface area contributed by atoms with Crippen LogP contribution in [0.25, 0.3) is 0 Å². The number of aromatic nitrogens is 1. The van der Waals surface area contributed by atoms with E-state index in [1.54, 1.807) is 18.7 Å². The second kappa shape index (κ2) is 4.62. The zero-order valence-corrected chi connectivity index (χ0v) is 13.2. The first-order valence-electron chi connectivity index (χ1n) is 6.89. The van der Waals surface area contributed by atoms with E-state index in [1.165, 1.54) is 0 Å². The largest absolute Gasteiger partial charge is 0.352 e. The molecule has 1 N–H and O–H groups in total. The average Bonchev–Trinajstić information content (AvgIpc) is 3.15. The second-order valence-electron chi connectivity index (χ2n) is 5.95. The zero-order chi connectivity index (χ0) is 14.5. The number of piperazine rings is 1. The molecule has 0 aromatic carbocycles. The molecular weight excluding hydrogens is 322 g/mol. The van der Waals surface area contributed by atoms with Gasteiger partial charge >= 0.3 is 0 Å². The Morgan fingerprint density at radius 1 is 1.45 bits per heavy atom. The summed E-state index contributed by atoms with van der Waals surface area (Å²) in [4.78, 5) is 26.5. The molecule has 5 nitrogen and oxygen atoms in total. The minimum Gasteiger partial charge on any atom is -0.352 e. The van der Waals surface area contributed by atoms with E-state index in [9.17, 15) is 9.59 Å². The zero-order valence-electron chi connectivity index (χ0n) is 11.6. The molecule has 1 aromatic rings. The number of amides is 2. The van der Waals surface area contributed by atoms with Crippen molar-refractivity contribution in [3.05, 3.63) is 22.4 Å². The molecule has 108 valence electrons. The van der Waals surface area contributed by atoms with Crippen LogP contribution < -0.4 is 5.32 Å². The molecule has 6 heteroatoms. The van der Waals surface area contributed by atoms with Gasteiger partial charge in [-0.25, -0.2) is 0 Å². The van der Waals surface area contributed by atoms with Gasteiger partial charge in [0.05, 0.1) is 0 Å². The van der Waals surface area contributed by atoms with Gasteiger partial charge in [-0.1, -0.05) is 0 Å². The van der Waals surface area contributed by atoms with Crippen molar-refractivity contribution in [1.29, 1.82) is 0 Å². The van der Waals surface area contributed by atoms with Gasteiger partial charge in [0.25, 0.3) is 5.91 Å². The maximum atomic E-state index is 12.8. The molecule has 1 saturated heterocycles. The molecule has 0 spiro atoms. The van der Waals surface area contributed by atoms with Crippen LogP contribution in [0.5, 0.6) is 0 Å². The first-order valence-corrected chi connectivity index (χ1v) is 7.68. The number of nitrogens with one attached hydrogen (secondary N) is 1. The third-order valence-electron chi connectivity index (χ3n) is 4.07. The van der Waals surface area contributed by atoms with Crippen molar-refractivity contribution >= 4 is 27.7 Å². The number of nitrogens with zero attached hydrogens (tertiary/aromatic N) is 2. The second-order valence-corrected chi connectivity index (χ2v) is 6.87. The number of carbonyl (C=O) groups excluding carboxylic acids is 2. The molecule has 0 radical (unpaired) electrons. The smallest absolute Gasteiger partial charge is 0.271 e. The predicted octanol–water partition coefficient (Wildman–Crippen LogP) is 1.94. The first-order chi connectivity index (χ1) is 9.41. The fourth-order valence-electron chi connectivity index (χ4n) is 2.67. The van der Waals surface area contributed by atoms with Gasteiger partial charge in [-0.15, -0.1) is 0 Å². The van der Waals surface area contributed by atoms with Crippen molar-refractivity contribution in [3.8, 4) is 0 Å². The summed E-state index contributed by atoms with van der Waals surface area (Å²) in [7, 11) is 0. The summed E-state index contributed by atoms with van der Waals surface area (Å²) in [5.74, 6) is -0.164. The van der Waals surface area contributed by atoms with Gasteiger partial charge in [-0.2, -0.15) is 0 Å². The molecule has 0 bridgehead atoms. The fraction of sp³-hybridized carbons (Fsp3) is 0.571. The summed E-state index contributed by atoms with van der Waals surface area (Å²) in [6.45, 7) is 4.64. The predicted molar refractivity (Wildman–Crippen MR) is 78.5 cm³/mol. The number of halogens is 1. The van der Waals surface area contributed by atoms with E-state index in [0.29, 0.717) is 24.8 Å². The van der Waals surface area contributed by atoms with E-state index in [1.807, 2.05) is 16.8 Å². The Kier molecular flexibility index (Phi) is 3.16. The van der Waals surface area contributed by atoms with Crippen molar-refractivity contribution in [2.24, 2.45) is 0 Å². The number of hydrogen-bond donors (Lipinski definition) is 1. The quantitative estimate of drug-likeness (QED) is 0.895. The van der Waals surface area contributed by atoms with Gasteiger partial charge in [0.1, 0.15) is 11.2 Å². The van der Waals surface area contributed by atoms with Crippen LogP contribution in [-0.4, -0.2) is 39.9 Å². The van der Waals surface area contributed by atoms with Crippen molar-refractivity contribution in [1.82, 2.24) is 14.8 Å².